The lowest BCUT2D eigenvalue weighted by molar-refractivity contribution is 0.566. The van der Waals surface area contributed by atoms with Crippen LogP contribution in [0.1, 0.15) is 33.1 Å². The maximum Gasteiger partial charge on any atom is 0.213 e. The highest BCUT2D eigenvalue weighted by Gasteiger charge is 2.13. The first-order chi connectivity index (χ1) is 12.0. The molecule has 1 aromatic carbocycles. The lowest BCUT2D eigenvalue weighted by Crippen LogP contribution is -2.31. The Kier molecular flexibility index (Phi) is 7.33. The Morgan fingerprint density at radius 3 is 2.32 bits per heavy atom. The number of nitrogens with one attached hydrogen (secondary N) is 2. The Bertz CT molecular complexity index is 731. The lowest BCUT2D eigenvalue weighted by Gasteiger charge is -2.09. The molecule has 0 amide bonds. The Labute approximate surface area is 150 Å². The lowest BCUT2D eigenvalue weighted by atomic mass is 10.2. The second kappa shape index (κ2) is 9.48. The molecular weight excluding hydrogens is 336 g/mol. The minimum atomic E-state index is -3.14. The van der Waals surface area contributed by atoms with Gasteiger partial charge in [0.25, 0.3) is 0 Å². The van der Waals surface area contributed by atoms with Crippen molar-refractivity contribution in [2.75, 3.05) is 18.4 Å². The van der Waals surface area contributed by atoms with Crippen LogP contribution in [0.15, 0.2) is 42.7 Å². The largest absolute Gasteiger partial charge is 0.369 e. The van der Waals surface area contributed by atoms with E-state index >= 15 is 0 Å². The topological polar surface area (TPSA) is 84.0 Å². The Morgan fingerprint density at radius 2 is 1.68 bits per heavy atom. The first-order valence-electron chi connectivity index (χ1n) is 8.59. The fraction of sp³-hybridized carbons (Fsp3) is 0.444. The maximum absolute atomic E-state index is 11.6. The molecule has 6 nitrogen and oxygen atoms in total. The number of anilines is 1. The van der Waals surface area contributed by atoms with Gasteiger partial charge < -0.3 is 5.32 Å². The van der Waals surface area contributed by atoms with E-state index in [-0.39, 0.29) is 5.25 Å². The Balaban J connectivity index is 1.64. The van der Waals surface area contributed by atoms with E-state index in [4.69, 9.17) is 0 Å². The number of nitrogens with zero attached hydrogens (tertiary/aromatic N) is 2. The van der Waals surface area contributed by atoms with Crippen molar-refractivity contribution in [3.63, 3.8) is 0 Å². The van der Waals surface area contributed by atoms with E-state index in [0.29, 0.717) is 6.54 Å². The van der Waals surface area contributed by atoms with Gasteiger partial charge in [0.1, 0.15) is 5.82 Å². The Morgan fingerprint density at radius 1 is 0.960 bits per heavy atom. The average Bonchev–Trinajstić information content (AvgIpc) is 2.62. The molecule has 0 saturated carbocycles. The molecule has 0 aliphatic heterocycles. The van der Waals surface area contributed by atoms with Crippen molar-refractivity contribution in [2.45, 2.75) is 38.4 Å². The summed E-state index contributed by atoms with van der Waals surface area (Å²) in [6, 6.07) is 9.94. The van der Waals surface area contributed by atoms with Gasteiger partial charge in [0, 0.05) is 18.7 Å². The van der Waals surface area contributed by atoms with Crippen LogP contribution >= 0.6 is 0 Å². The van der Waals surface area contributed by atoms with E-state index in [1.165, 1.54) is 0 Å². The zero-order chi connectivity index (χ0) is 18.1. The van der Waals surface area contributed by atoms with Crippen LogP contribution in [0.3, 0.4) is 0 Å². The van der Waals surface area contributed by atoms with Crippen molar-refractivity contribution in [1.29, 1.82) is 0 Å². The van der Waals surface area contributed by atoms with Crippen molar-refractivity contribution in [2.24, 2.45) is 0 Å². The molecule has 7 heteroatoms. The zero-order valence-electron chi connectivity index (χ0n) is 14.8. The molecule has 0 saturated heterocycles. The summed E-state index contributed by atoms with van der Waals surface area (Å²) >= 11 is 0. The molecule has 25 heavy (non-hydrogen) atoms. The summed E-state index contributed by atoms with van der Waals surface area (Å²) in [6.07, 6.45) is 6.22. The molecule has 0 aliphatic carbocycles. The Hall–Kier alpha value is -1.99. The molecule has 2 N–H and O–H groups in total. The van der Waals surface area contributed by atoms with E-state index in [1.807, 2.05) is 30.3 Å². The van der Waals surface area contributed by atoms with Crippen molar-refractivity contribution >= 4 is 15.8 Å². The van der Waals surface area contributed by atoms with Crippen molar-refractivity contribution in [3.8, 4) is 11.3 Å². The number of unbranched alkanes of at least 4 members (excludes halogenated alkanes) is 2. The standard InChI is InChI=1S/C18H26N4O2S/c1-15(2)25(23,24)22-12-8-4-7-11-19-18-14-20-17(13-21-18)16-9-5-3-6-10-16/h3,5-6,9-10,13-15,22H,4,7-8,11-12H2,1-2H3,(H,19,21). The second-order valence-corrected chi connectivity index (χ2v) is 8.45. The number of hydrogen-bond acceptors (Lipinski definition) is 5. The summed E-state index contributed by atoms with van der Waals surface area (Å²) in [5.41, 5.74) is 1.90. The molecule has 0 fully saturated rings. The molecule has 0 bridgehead atoms. The van der Waals surface area contributed by atoms with Crippen molar-refractivity contribution in [3.05, 3.63) is 42.7 Å². The summed E-state index contributed by atoms with van der Waals surface area (Å²) in [7, 11) is -3.14. The number of sulfonamides is 1. The fourth-order valence-corrected chi connectivity index (χ4v) is 2.96. The summed E-state index contributed by atoms with van der Waals surface area (Å²) in [4.78, 5) is 8.79. The highest BCUT2D eigenvalue weighted by atomic mass is 32.2. The highest BCUT2D eigenvalue weighted by molar-refractivity contribution is 7.90. The van der Waals surface area contributed by atoms with E-state index in [9.17, 15) is 8.42 Å². The van der Waals surface area contributed by atoms with E-state index in [0.717, 1.165) is 42.9 Å². The number of aromatic nitrogens is 2. The number of rotatable bonds is 10. The van der Waals surface area contributed by atoms with Gasteiger partial charge in [0.05, 0.1) is 23.3 Å². The normalized spacial score (nSPS) is 11.6. The minimum absolute atomic E-state index is 0.383. The molecule has 0 unspecified atom stereocenters. The average molecular weight is 362 g/mol. The number of hydrogen-bond donors (Lipinski definition) is 2. The van der Waals surface area contributed by atoms with Crippen molar-refractivity contribution in [1.82, 2.24) is 14.7 Å². The van der Waals surface area contributed by atoms with Gasteiger partial charge in [-0.3, -0.25) is 4.98 Å². The fourth-order valence-electron chi connectivity index (χ4n) is 2.20. The third-order valence-electron chi connectivity index (χ3n) is 3.80. The smallest absolute Gasteiger partial charge is 0.213 e. The molecule has 136 valence electrons. The van der Waals surface area contributed by atoms with E-state index in [2.05, 4.69) is 20.0 Å². The summed E-state index contributed by atoms with van der Waals surface area (Å²) in [5, 5.41) is 2.85. The zero-order valence-corrected chi connectivity index (χ0v) is 15.6. The van der Waals surface area contributed by atoms with Crippen LogP contribution in [0.25, 0.3) is 11.3 Å². The summed E-state index contributed by atoms with van der Waals surface area (Å²) in [5.74, 6) is 0.750. The van der Waals surface area contributed by atoms with Crippen LogP contribution in [-0.2, 0) is 10.0 Å². The van der Waals surface area contributed by atoms with Gasteiger partial charge >= 0.3 is 0 Å². The first kappa shape index (κ1) is 19.3. The summed E-state index contributed by atoms with van der Waals surface area (Å²) < 4.78 is 25.8. The van der Waals surface area contributed by atoms with Crippen LogP contribution in [-0.4, -0.2) is 36.7 Å². The first-order valence-corrected chi connectivity index (χ1v) is 10.1. The monoisotopic (exact) mass is 362 g/mol. The minimum Gasteiger partial charge on any atom is -0.369 e. The van der Waals surface area contributed by atoms with Crippen LogP contribution in [0.2, 0.25) is 0 Å². The molecule has 0 radical (unpaired) electrons. The van der Waals surface area contributed by atoms with E-state index < -0.39 is 10.0 Å². The van der Waals surface area contributed by atoms with Gasteiger partial charge in [-0.05, 0) is 26.7 Å². The molecule has 0 aliphatic rings. The highest BCUT2D eigenvalue weighted by Crippen LogP contribution is 2.15. The maximum atomic E-state index is 11.6. The van der Waals surface area contributed by atoms with Crippen LogP contribution in [0.4, 0.5) is 5.82 Å². The predicted molar refractivity (Wildman–Crippen MR) is 102 cm³/mol. The SMILES string of the molecule is CC(C)S(=O)(=O)NCCCCCNc1cnc(-c2ccccc2)cn1. The molecule has 2 aromatic rings. The summed E-state index contributed by atoms with van der Waals surface area (Å²) in [6.45, 7) is 4.63. The van der Waals surface area contributed by atoms with Gasteiger partial charge in [0.2, 0.25) is 10.0 Å². The van der Waals surface area contributed by atoms with E-state index in [1.54, 1.807) is 26.2 Å². The van der Waals surface area contributed by atoms with Gasteiger partial charge in [0.15, 0.2) is 0 Å². The molecule has 1 heterocycles. The molecule has 2 rings (SSSR count). The van der Waals surface area contributed by atoms with Crippen LogP contribution < -0.4 is 10.0 Å². The predicted octanol–water partition coefficient (Wildman–Crippen LogP) is 3.05. The quantitative estimate of drug-likeness (QED) is 0.635. The second-order valence-electron chi connectivity index (χ2n) is 6.13. The molecule has 0 spiro atoms. The number of benzene rings is 1. The van der Waals surface area contributed by atoms with Gasteiger partial charge in [-0.15, -0.1) is 0 Å². The van der Waals surface area contributed by atoms with Gasteiger partial charge in [-0.25, -0.2) is 18.1 Å². The van der Waals surface area contributed by atoms with Gasteiger partial charge in [-0.2, -0.15) is 0 Å². The molecular formula is C18H26N4O2S. The molecule has 1 aromatic heterocycles. The third-order valence-corrected chi connectivity index (χ3v) is 5.65. The van der Waals surface area contributed by atoms with Gasteiger partial charge in [-0.1, -0.05) is 36.8 Å². The van der Waals surface area contributed by atoms with Crippen LogP contribution in [0, 0.1) is 0 Å². The van der Waals surface area contributed by atoms with Crippen molar-refractivity contribution < 1.29 is 8.42 Å². The third kappa shape index (κ3) is 6.43. The van der Waals surface area contributed by atoms with Crippen LogP contribution in [0.5, 0.6) is 0 Å². The molecule has 0 atom stereocenters.